The highest BCUT2D eigenvalue weighted by Crippen LogP contribution is 2.47. The lowest BCUT2D eigenvalue weighted by atomic mass is 9.87. The second kappa shape index (κ2) is 7.04. The highest BCUT2D eigenvalue weighted by Gasteiger charge is 2.44. The van der Waals surface area contributed by atoms with E-state index in [1.807, 2.05) is 0 Å². The smallest absolute Gasteiger partial charge is 0.223 e. The molecule has 0 bridgehead atoms. The monoisotopic (exact) mass is 317 g/mol. The van der Waals surface area contributed by atoms with E-state index in [1.54, 1.807) is 6.92 Å². The van der Waals surface area contributed by atoms with Gasteiger partial charge in [0.05, 0.1) is 6.10 Å². The van der Waals surface area contributed by atoms with Crippen molar-refractivity contribution in [2.24, 2.45) is 11.3 Å². The predicted octanol–water partition coefficient (Wildman–Crippen LogP) is 3.83. The van der Waals surface area contributed by atoms with Gasteiger partial charge in [-0.05, 0) is 48.1 Å². The Morgan fingerprint density at radius 1 is 1.26 bits per heavy atom. The SMILES string of the molecule is CC(O)CC(C)(C)CNC(=O)C1CC1c1ccc(C(C)C)cc1. The summed E-state index contributed by atoms with van der Waals surface area (Å²) in [7, 11) is 0. The minimum atomic E-state index is -0.338. The molecule has 23 heavy (non-hydrogen) atoms. The van der Waals surface area contributed by atoms with E-state index in [-0.39, 0.29) is 23.3 Å². The standard InChI is InChI=1S/C20H31NO2/c1-13(2)15-6-8-16(9-7-15)17-10-18(17)19(23)21-12-20(4,5)11-14(3)22/h6-9,13-14,17-18,22H,10-12H2,1-5H3,(H,21,23). The van der Waals surface area contributed by atoms with Gasteiger partial charge in [-0.25, -0.2) is 0 Å². The fraction of sp³-hybridized carbons (Fsp3) is 0.650. The topological polar surface area (TPSA) is 49.3 Å². The molecule has 0 radical (unpaired) electrons. The Kier molecular flexibility index (Phi) is 5.51. The lowest BCUT2D eigenvalue weighted by molar-refractivity contribution is -0.123. The average Bonchev–Trinajstić information content (AvgIpc) is 3.24. The fourth-order valence-corrected chi connectivity index (χ4v) is 3.31. The van der Waals surface area contributed by atoms with Gasteiger partial charge in [-0.2, -0.15) is 0 Å². The predicted molar refractivity (Wildman–Crippen MR) is 94.5 cm³/mol. The Labute approximate surface area is 140 Å². The lowest BCUT2D eigenvalue weighted by Gasteiger charge is -2.26. The van der Waals surface area contributed by atoms with Crippen molar-refractivity contribution in [1.82, 2.24) is 5.32 Å². The summed E-state index contributed by atoms with van der Waals surface area (Å²) in [6.45, 7) is 11.0. The second-order valence-corrected chi connectivity index (χ2v) is 8.21. The first-order valence-corrected chi connectivity index (χ1v) is 8.75. The minimum Gasteiger partial charge on any atom is -0.393 e. The van der Waals surface area contributed by atoms with Crippen molar-refractivity contribution >= 4 is 5.91 Å². The van der Waals surface area contributed by atoms with Gasteiger partial charge in [-0.1, -0.05) is 52.0 Å². The summed E-state index contributed by atoms with van der Waals surface area (Å²) in [6, 6.07) is 8.70. The van der Waals surface area contributed by atoms with Crippen molar-refractivity contribution in [2.45, 2.75) is 65.4 Å². The maximum absolute atomic E-state index is 12.3. The molecule has 0 aliphatic heterocycles. The van der Waals surface area contributed by atoms with Gasteiger partial charge in [0.1, 0.15) is 0 Å². The number of benzene rings is 1. The molecule has 0 saturated heterocycles. The van der Waals surface area contributed by atoms with Gasteiger partial charge in [0.2, 0.25) is 5.91 Å². The third-order valence-electron chi connectivity index (χ3n) is 4.75. The number of carbonyl (C=O) groups excluding carboxylic acids is 1. The molecule has 2 rings (SSSR count). The van der Waals surface area contributed by atoms with Gasteiger partial charge in [0.25, 0.3) is 0 Å². The van der Waals surface area contributed by atoms with Crippen LogP contribution in [0.3, 0.4) is 0 Å². The van der Waals surface area contributed by atoms with Crippen LogP contribution in [0.25, 0.3) is 0 Å². The van der Waals surface area contributed by atoms with E-state index in [0.717, 1.165) is 6.42 Å². The lowest BCUT2D eigenvalue weighted by Crippen LogP contribution is -2.36. The van der Waals surface area contributed by atoms with Gasteiger partial charge < -0.3 is 10.4 Å². The van der Waals surface area contributed by atoms with Crippen molar-refractivity contribution in [3.8, 4) is 0 Å². The van der Waals surface area contributed by atoms with Crippen LogP contribution in [0.1, 0.15) is 70.4 Å². The third kappa shape index (κ3) is 5.07. The number of carbonyl (C=O) groups is 1. The van der Waals surface area contributed by atoms with Gasteiger partial charge in [-0.3, -0.25) is 4.79 Å². The summed E-state index contributed by atoms with van der Waals surface area (Å²) in [5.74, 6) is 1.18. The summed E-state index contributed by atoms with van der Waals surface area (Å²) in [6.07, 6.45) is 1.30. The third-order valence-corrected chi connectivity index (χ3v) is 4.75. The van der Waals surface area contributed by atoms with Gasteiger partial charge >= 0.3 is 0 Å². The Hall–Kier alpha value is -1.35. The summed E-state index contributed by atoms with van der Waals surface area (Å²) in [5, 5.41) is 12.6. The van der Waals surface area contributed by atoms with Crippen LogP contribution in [0.5, 0.6) is 0 Å². The minimum absolute atomic E-state index is 0.0763. The quantitative estimate of drug-likeness (QED) is 0.803. The molecule has 0 spiro atoms. The van der Waals surface area contributed by atoms with Crippen molar-refractivity contribution in [3.63, 3.8) is 0 Å². The molecule has 1 aliphatic carbocycles. The molecule has 3 heteroatoms. The summed E-state index contributed by atoms with van der Waals surface area (Å²) >= 11 is 0. The number of nitrogens with one attached hydrogen (secondary N) is 1. The van der Waals surface area contributed by atoms with Crippen LogP contribution in [-0.4, -0.2) is 23.7 Å². The molecule has 1 aliphatic rings. The largest absolute Gasteiger partial charge is 0.393 e. The molecule has 0 heterocycles. The Morgan fingerprint density at radius 3 is 2.39 bits per heavy atom. The zero-order valence-corrected chi connectivity index (χ0v) is 15.1. The summed E-state index contributed by atoms with van der Waals surface area (Å²) in [4.78, 5) is 12.3. The number of hydrogen-bond donors (Lipinski definition) is 2. The fourth-order valence-electron chi connectivity index (χ4n) is 3.31. The van der Waals surface area contributed by atoms with E-state index in [0.29, 0.717) is 24.8 Å². The normalized spacial score (nSPS) is 22.0. The molecule has 1 aromatic carbocycles. The van der Waals surface area contributed by atoms with E-state index >= 15 is 0 Å². The highest BCUT2D eigenvalue weighted by molar-refractivity contribution is 5.82. The van der Waals surface area contributed by atoms with Gasteiger partial charge in [0.15, 0.2) is 0 Å². The molecule has 128 valence electrons. The number of amides is 1. The van der Waals surface area contributed by atoms with Crippen molar-refractivity contribution in [3.05, 3.63) is 35.4 Å². The molecule has 3 atom stereocenters. The van der Waals surface area contributed by atoms with Gasteiger partial charge in [0, 0.05) is 12.5 Å². The Morgan fingerprint density at radius 2 is 1.87 bits per heavy atom. The number of hydrogen-bond acceptors (Lipinski definition) is 2. The first kappa shape index (κ1) is 18.0. The Balaban J connectivity index is 1.84. The first-order valence-electron chi connectivity index (χ1n) is 8.75. The van der Waals surface area contributed by atoms with Crippen LogP contribution in [0.4, 0.5) is 0 Å². The van der Waals surface area contributed by atoms with E-state index in [2.05, 4.69) is 57.3 Å². The molecule has 3 unspecified atom stereocenters. The Bertz CT molecular complexity index is 531. The number of aliphatic hydroxyl groups excluding tert-OH is 1. The first-order chi connectivity index (χ1) is 10.7. The van der Waals surface area contributed by atoms with E-state index in [1.165, 1.54) is 11.1 Å². The molecule has 1 saturated carbocycles. The average molecular weight is 317 g/mol. The molecule has 2 N–H and O–H groups in total. The van der Waals surface area contributed by atoms with Crippen LogP contribution >= 0.6 is 0 Å². The van der Waals surface area contributed by atoms with Crippen molar-refractivity contribution in [2.75, 3.05) is 6.54 Å². The van der Waals surface area contributed by atoms with Crippen LogP contribution in [0, 0.1) is 11.3 Å². The molecule has 1 fully saturated rings. The van der Waals surface area contributed by atoms with Gasteiger partial charge in [-0.15, -0.1) is 0 Å². The van der Waals surface area contributed by atoms with Crippen LogP contribution in [-0.2, 0) is 4.79 Å². The van der Waals surface area contributed by atoms with Crippen LogP contribution in [0.15, 0.2) is 24.3 Å². The van der Waals surface area contributed by atoms with E-state index in [9.17, 15) is 9.90 Å². The number of rotatable bonds is 7. The molecule has 0 aromatic heterocycles. The van der Waals surface area contributed by atoms with Crippen LogP contribution < -0.4 is 5.32 Å². The highest BCUT2D eigenvalue weighted by atomic mass is 16.3. The molecule has 3 nitrogen and oxygen atoms in total. The zero-order valence-electron chi connectivity index (χ0n) is 15.1. The number of aliphatic hydroxyl groups is 1. The maximum atomic E-state index is 12.3. The summed E-state index contributed by atoms with van der Waals surface area (Å²) in [5.41, 5.74) is 2.54. The van der Waals surface area contributed by atoms with E-state index in [4.69, 9.17) is 0 Å². The molecule has 1 amide bonds. The molecule has 1 aromatic rings. The zero-order chi connectivity index (χ0) is 17.2. The second-order valence-electron chi connectivity index (χ2n) is 8.21. The van der Waals surface area contributed by atoms with Crippen molar-refractivity contribution in [1.29, 1.82) is 0 Å². The van der Waals surface area contributed by atoms with E-state index < -0.39 is 0 Å². The molecular weight excluding hydrogens is 286 g/mol. The van der Waals surface area contributed by atoms with Crippen molar-refractivity contribution < 1.29 is 9.90 Å². The maximum Gasteiger partial charge on any atom is 0.223 e. The molecular formula is C20H31NO2. The summed E-state index contributed by atoms with van der Waals surface area (Å²) < 4.78 is 0. The van der Waals surface area contributed by atoms with Crippen LogP contribution in [0.2, 0.25) is 0 Å².